The lowest BCUT2D eigenvalue weighted by Crippen LogP contribution is -2.28. The van der Waals surface area contributed by atoms with E-state index in [1.807, 2.05) is 7.11 Å². The fourth-order valence-corrected chi connectivity index (χ4v) is 2.20. The molecule has 2 atom stereocenters. The first kappa shape index (κ1) is 9.05. The van der Waals surface area contributed by atoms with E-state index in [1.165, 1.54) is 19.3 Å². The molecule has 1 rings (SSSR count). The van der Waals surface area contributed by atoms with Gasteiger partial charge < -0.3 is 4.74 Å². The van der Waals surface area contributed by atoms with E-state index >= 15 is 0 Å². The molecule has 1 aliphatic carbocycles. The van der Waals surface area contributed by atoms with Gasteiger partial charge in [-0.3, -0.25) is 0 Å². The number of hydrogen-bond donors (Lipinski definition) is 0. The van der Waals surface area contributed by atoms with Gasteiger partial charge in [0.1, 0.15) is 0 Å². The highest BCUT2D eigenvalue weighted by atomic mass is 16.5. The second kappa shape index (κ2) is 3.14. The number of methoxy groups -OCH3 is 1. The lowest BCUT2D eigenvalue weighted by molar-refractivity contribution is 0.0267. The maximum Gasteiger partial charge on any atom is 0.0604 e. The summed E-state index contributed by atoms with van der Waals surface area (Å²) in [7, 11) is 1.84. The van der Waals surface area contributed by atoms with Crippen LogP contribution < -0.4 is 0 Å². The molecule has 0 aromatic rings. The van der Waals surface area contributed by atoms with Gasteiger partial charge in [-0.25, -0.2) is 0 Å². The summed E-state index contributed by atoms with van der Waals surface area (Å²) >= 11 is 0. The Morgan fingerprint density at radius 2 is 1.82 bits per heavy atom. The van der Waals surface area contributed by atoms with Crippen LogP contribution in [0.2, 0.25) is 0 Å². The van der Waals surface area contributed by atoms with Crippen LogP contribution in [0.3, 0.4) is 0 Å². The van der Waals surface area contributed by atoms with Gasteiger partial charge in [0.15, 0.2) is 0 Å². The zero-order chi connectivity index (χ0) is 8.48. The van der Waals surface area contributed by atoms with E-state index in [4.69, 9.17) is 4.74 Å². The van der Waals surface area contributed by atoms with Crippen LogP contribution >= 0.6 is 0 Å². The van der Waals surface area contributed by atoms with Crippen LogP contribution in [0.5, 0.6) is 0 Å². The van der Waals surface area contributed by atoms with Crippen molar-refractivity contribution in [3.8, 4) is 0 Å². The molecule has 0 heterocycles. The third-order valence-electron chi connectivity index (χ3n) is 2.87. The summed E-state index contributed by atoms with van der Waals surface area (Å²) in [6.45, 7) is 6.94. The zero-order valence-corrected chi connectivity index (χ0v) is 8.18. The number of ether oxygens (including phenoxy) is 1. The summed E-state index contributed by atoms with van der Waals surface area (Å²) in [5.74, 6) is 0.771. The summed E-state index contributed by atoms with van der Waals surface area (Å²) in [5.41, 5.74) is 0.428. The Labute approximate surface area is 70.1 Å². The Morgan fingerprint density at radius 1 is 1.18 bits per heavy atom. The largest absolute Gasteiger partial charge is 0.381 e. The number of rotatable bonds is 1. The van der Waals surface area contributed by atoms with Crippen molar-refractivity contribution in [3.05, 3.63) is 0 Å². The van der Waals surface area contributed by atoms with Crippen LogP contribution in [0.15, 0.2) is 0 Å². The fraction of sp³-hybridized carbons (Fsp3) is 1.00. The standard InChI is InChI=1S/C10H20O/c1-10(2,3)8-6-5-7-9(8)11-4/h8-9H,5-7H2,1-4H3. The van der Waals surface area contributed by atoms with Gasteiger partial charge in [0.05, 0.1) is 6.10 Å². The average Bonchev–Trinajstić information content (AvgIpc) is 2.31. The predicted molar refractivity (Wildman–Crippen MR) is 47.6 cm³/mol. The number of hydrogen-bond acceptors (Lipinski definition) is 1. The molecular weight excluding hydrogens is 136 g/mol. The summed E-state index contributed by atoms with van der Waals surface area (Å²) in [6, 6.07) is 0. The second-order valence-electron chi connectivity index (χ2n) is 4.68. The molecule has 0 aliphatic heterocycles. The van der Waals surface area contributed by atoms with Crippen molar-refractivity contribution in [1.82, 2.24) is 0 Å². The van der Waals surface area contributed by atoms with Crippen molar-refractivity contribution in [2.24, 2.45) is 11.3 Å². The molecular formula is C10H20O. The summed E-state index contributed by atoms with van der Waals surface area (Å²) < 4.78 is 5.45. The molecule has 0 spiro atoms. The fourth-order valence-electron chi connectivity index (χ4n) is 2.20. The highest BCUT2D eigenvalue weighted by Crippen LogP contribution is 2.40. The van der Waals surface area contributed by atoms with Gasteiger partial charge in [-0.05, 0) is 24.2 Å². The molecule has 1 aliphatic rings. The molecule has 2 unspecified atom stereocenters. The van der Waals surface area contributed by atoms with Crippen molar-refractivity contribution >= 4 is 0 Å². The lowest BCUT2D eigenvalue weighted by Gasteiger charge is -2.31. The summed E-state index contributed by atoms with van der Waals surface area (Å²) in [5, 5.41) is 0. The van der Waals surface area contributed by atoms with Gasteiger partial charge in [0.25, 0.3) is 0 Å². The van der Waals surface area contributed by atoms with Crippen LogP contribution in [-0.2, 0) is 4.74 Å². The van der Waals surface area contributed by atoms with E-state index in [0.29, 0.717) is 11.5 Å². The molecule has 0 aromatic heterocycles. The van der Waals surface area contributed by atoms with Gasteiger partial charge >= 0.3 is 0 Å². The van der Waals surface area contributed by atoms with Gasteiger partial charge in [-0.1, -0.05) is 27.2 Å². The minimum Gasteiger partial charge on any atom is -0.381 e. The minimum absolute atomic E-state index is 0.428. The van der Waals surface area contributed by atoms with Crippen molar-refractivity contribution in [3.63, 3.8) is 0 Å². The summed E-state index contributed by atoms with van der Waals surface area (Å²) in [6.07, 6.45) is 4.48. The predicted octanol–water partition coefficient (Wildman–Crippen LogP) is 2.85. The maximum absolute atomic E-state index is 5.45. The van der Waals surface area contributed by atoms with Crippen LogP contribution in [0, 0.1) is 11.3 Å². The molecule has 1 nitrogen and oxygen atoms in total. The van der Waals surface area contributed by atoms with E-state index in [1.54, 1.807) is 0 Å². The second-order valence-corrected chi connectivity index (χ2v) is 4.68. The van der Waals surface area contributed by atoms with Crippen molar-refractivity contribution in [1.29, 1.82) is 0 Å². The monoisotopic (exact) mass is 156 g/mol. The first-order valence-electron chi connectivity index (χ1n) is 4.58. The SMILES string of the molecule is COC1CCCC1C(C)(C)C. The Hall–Kier alpha value is -0.0400. The Balaban J connectivity index is 2.57. The van der Waals surface area contributed by atoms with E-state index < -0.39 is 0 Å². The van der Waals surface area contributed by atoms with Crippen LogP contribution in [0.1, 0.15) is 40.0 Å². The van der Waals surface area contributed by atoms with Gasteiger partial charge in [0, 0.05) is 7.11 Å². The van der Waals surface area contributed by atoms with Crippen molar-refractivity contribution < 1.29 is 4.74 Å². The molecule has 1 heteroatoms. The molecule has 1 fully saturated rings. The van der Waals surface area contributed by atoms with E-state index in [2.05, 4.69) is 20.8 Å². The molecule has 0 N–H and O–H groups in total. The highest BCUT2D eigenvalue weighted by Gasteiger charge is 2.35. The van der Waals surface area contributed by atoms with Crippen molar-refractivity contribution in [2.45, 2.75) is 46.1 Å². The van der Waals surface area contributed by atoms with Gasteiger partial charge in [0.2, 0.25) is 0 Å². The topological polar surface area (TPSA) is 9.23 Å². The van der Waals surface area contributed by atoms with Gasteiger partial charge in [-0.2, -0.15) is 0 Å². The third kappa shape index (κ3) is 1.96. The maximum atomic E-state index is 5.45. The van der Waals surface area contributed by atoms with E-state index in [9.17, 15) is 0 Å². The molecule has 0 radical (unpaired) electrons. The molecule has 0 bridgehead atoms. The van der Waals surface area contributed by atoms with Crippen LogP contribution in [-0.4, -0.2) is 13.2 Å². The first-order valence-corrected chi connectivity index (χ1v) is 4.58. The Kier molecular flexibility index (Phi) is 2.58. The Morgan fingerprint density at radius 3 is 2.18 bits per heavy atom. The summed E-state index contributed by atoms with van der Waals surface area (Å²) in [4.78, 5) is 0. The molecule has 0 aromatic carbocycles. The smallest absolute Gasteiger partial charge is 0.0604 e. The third-order valence-corrected chi connectivity index (χ3v) is 2.87. The normalized spacial score (nSPS) is 32.7. The quantitative estimate of drug-likeness (QED) is 0.567. The van der Waals surface area contributed by atoms with Crippen LogP contribution in [0.4, 0.5) is 0 Å². The zero-order valence-electron chi connectivity index (χ0n) is 8.18. The minimum atomic E-state index is 0.428. The first-order chi connectivity index (χ1) is 5.05. The molecule has 0 saturated heterocycles. The van der Waals surface area contributed by atoms with Gasteiger partial charge in [-0.15, -0.1) is 0 Å². The molecule has 0 amide bonds. The molecule has 1 saturated carbocycles. The lowest BCUT2D eigenvalue weighted by atomic mass is 9.78. The molecule has 66 valence electrons. The van der Waals surface area contributed by atoms with E-state index in [0.717, 1.165) is 5.92 Å². The Bertz CT molecular complexity index is 123. The van der Waals surface area contributed by atoms with E-state index in [-0.39, 0.29) is 0 Å². The molecule has 11 heavy (non-hydrogen) atoms. The van der Waals surface area contributed by atoms with Crippen molar-refractivity contribution in [2.75, 3.05) is 7.11 Å². The van der Waals surface area contributed by atoms with Crippen LogP contribution in [0.25, 0.3) is 0 Å². The highest BCUT2D eigenvalue weighted by molar-refractivity contribution is 4.86. The average molecular weight is 156 g/mol.